The lowest BCUT2D eigenvalue weighted by Crippen LogP contribution is -2.49. The third kappa shape index (κ3) is 3.39. The highest BCUT2D eigenvalue weighted by Gasteiger charge is 2.41. The molecule has 7 nitrogen and oxygen atoms in total. The maximum Gasteiger partial charge on any atom is 0.217 e. The fourth-order valence-corrected chi connectivity index (χ4v) is 4.98. The molecule has 1 saturated carbocycles. The summed E-state index contributed by atoms with van der Waals surface area (Å²) in [5.74, 6) is 1.59. The molecular formula is C18H22N4O3S. The van der Waals surface area contributed by atoms with E-state index in [9.17, 15) is 8.42 Å². The number of piperazine rings is 1. The van der Waals surface area contributed by atoms with E-state index in [1.807, 2.05) is 36.4 Å². The Kier molecular flexibility index (Phi) is 4.54. The number of anilines is 1. The second-order valence-electron chi connectivity index (χ2n) is 6.64. The first-order valence-electron chi connectivity index (χ1n) is 8.80. The summed E-state index contributed by atoms with van der Waals surface area (Å²) in [7, 11) is -1.44. The van der Waals surface area contributed by atoms with Crippen LogP contribution in [-0.4, -0.2) is 61.5 Å². The minimum Gasteiger partial charge on any atom is -0.497 e. The summed E-state index contributed by atoms with van der Waals surface area (Å²) in [5.41, 5.74) is 1.77. The molecule has 1 aromatic carbocycles. The van der Waals surface area contributed by atoms with Crippen LogP contribution in [0.2, 0.25) is 0 Å². The van der Waals surface area contributed by atoms with Crippen LogP contribution in [0.3, 0.4) is 0 Å². The van der Waals surface area contributed by atoms with E-state index in [1.54, 1.807) is 11.4 Å². The monoisotopic (exact) mass is 374 g/mol. The quantitative estimate of drug-likeness (QED) is 0.794. The number of ether oxygens (including phenoxy) is 1. The SMILES string of the molecule is COc1ccc(-c2ccc(N3CCN(S(=O)(=O)C4CC4)CC3)nn2)cc1. The average Bonchev–Trinajstić information content (AvgIpc) is 3.54. The minimum absolute atomic E-state index is 0.141. The fourth-order valence-electron chi connectivity index (χ4n) is 3.16. The summed E-state index contributed by atoms with van der Waals surface area (Å²) in [4.78, 5) is 2.09. The second-order valence-corrected chi connectivity index (χ2v) is 8.85. The second kappa shape index (κ2) is 6.85. The number of hydrogen-bond donors (Lipinski definition) is 0. The molecule has 0 radical (unpaired) electrons. The van der Waals surface area contributed by atoms with Gasteiger partial charge in [-0.1, -0.05) is 0 Å². The standard InChI is InChI=1S/C18H22N4O3S/c1-25-15-4-2-14(3-5-15)17-8-9-18(20-19-17)21-10-12-22(13-11-21)26(23,24)16-6-7-16/h2-5,8-9,16H,6-7,10-13H2,1H3. The molecule has 0 atom stereocenters. The van der Waals surface area contributed by atoms with E-state index in [4.69, 9.17) is 4.74 Å². The zero-order valence-electron chi connectivity index (χ0n) is 14.7. The van der Waals surface area contributed by atoms with Crippen LogP contribution < -0.4 is 9.64 Å². The van der Waals surface area contributed by atoms with E-state index >= 15 is 0 Å². The van der Waals surface area contributed by atoms with Gasteiger partial charge in [0.15, 0.2) is 5.82 Å². The maximum atomic E-state index is 12.3. The molecule has 2 aromatic rings. The Morgan fingerprint density at radius 3 is 2.19 bits per heavy atom. The average molecular weight is 374 g/mol. The van der Waals surface area contributed by atoms with E-state index in [1.165, 1.54) is 0 Å². The summed E-state index contributed by atoms with van der Waals surface area (Å²) < 4.78 is 31.4. The summed E-state index contributed by atoms with van der Waals surface area (Å²) >= 11 is 0. The van der Waals surface area contributed by atoms with Crippen molar-refractivity contribution in [1.29, 1.82) is 0 Å². The number of benzene rings is 1. The zero-order valence-corrected chi connectivity index (χ0v) is 15.5. The van der Waals surface area contributed by atoms with E-state index in [0.29, 0.717) is 26.2 Å². The Morgan fingerprint density at radius 2 is 1.65 bits per heavy atom. The Labute approximate surface area is 153 Å². The molecule has 1 aliphatic heterocycles. The molecule has 4 rings (SSSR count). The molecule has 0 bridgehead atoms. The van der Waals surface area contributed by atoms with Crippen molar-refractivity contribution in [2.24, 2.45) is 0 Å². The van der Waals surface area contributed by atoms with Gasteiger partial charge in [-0.25, -0.2) is 8.42 Å². The lowest BCUT2D eigenvalue weighted by molar-refractivity contribution is 0.383. The van der Waals surface area contributed by atoms with Crippen molar-refractivity contribution in [3.8, 4) is 17.0 Å². The van der Waals surface area contributed by atoms with Gasteiger partial charge in [0.2, 0.25) is 10.0 Å². The van der Waals surface area contributed by atoms with E-state index in [2.05, 4.69) is 15.1 Å². The van der Waals surface area contributed by atoms with Crippen molar-refractivity contribution in [3.63, 3.8) is 0 Å². The van der Waals surface area contributed by atoms with Crippen LogP contribution in [0.5, 0.6) is 5.75 Å². The predicted octanol–water partition coefficient (Wildman–Crippen LogP) is 1.77. The highest BCUT2D eigenvalue weighted by atomic mass is 32.2. The first-order valence-corrected chi connectivity index (χ1v) is 10.3. The van der Waals surface area contributed by atoms with E-state index < -0.39 is 10.0 Å². The normalized spacial score (nSPS) is 18.7. The van der Waals surface area contributed by atoms with E-state index in [-0.39, 0.29) is 5.25 Å². The van der Waals surface area contributed by atoms with Gasteiger partial charge in [-0.05, 0) is 49.2 Å². The van der Waals surface area contributed by atoms with Crippen molar-refractivity contribution >= 4 is 15.8 Å². The van der Waals surface area contributed by atoms with Gasteiger partial charge >= 0.3 is 0 Å². The van der Waals surface area contributed by atoms with Crippen LogP contribution in [-0.2, 0) is 10.0 Å². The summed E-state index contributed by atoms with van der Waals surface area (Å²) in [6.45, 7) is 2.31. The lowest BCUT2D eigenvalue weighted by atomic mass is 10.1. The summed E-state index contributed by atoms with van der Waals surface area (Å²) in [5, 5.41) is 8.51. The minimum atomic E-state index is -3.08. The van der Waals surface area contributed by atoms with Gasteiger partial charge in [-0.3, -0.25) is 0 Å². The molecule has 2 fully saturated rings. The Balaban J connectivity index is 1.41. The van der Waals surface area contributed by atoms with Crippen LogP contribution in [0.25, 0.3) is 11.3 Å². The molecule has 138 valence electrons. The van der Waals surface area contributed by atoms with Gasteiger partial charge in [0, 0.05) is 31.7 Å². The largest absolute Gasteiger partial charge is 0.497 e. The van der Waals surface area contributed by atoms with Gasteiger partial charge in [0.1, 0.15) is 5.75 Å². The number of hydrogen-bond acceptors (Lipinski definition) is 6. The van der Waals surface area contributed by atoms with Crippen LogP contribution >= 0.6 is 0 Å². The predicted molar refractivity (Wildman–Crippen MR) is 99.7 cm³/mol. The van der Waals surface area contributed by atoms with Crippen molar-refractivity contribution in [1.82, 2.24) is 14.5 Å². The van der Waals surface area contributed by atoms with Crippen molar-refractivity contribution < 1.29 is 13.2 Å². The molecule has 26 heavy (non-hydrogen) atoms. The molecule has 2 aliphatic rings. The molecule has 0 spiro atoms. The topological polar surface area (TPSA) is 75.6 Å². The Hall–Kier alpha value is -2.19. The van der Waals surface area contributed by atoms with Crippen LogP contribution in [0.15, 0.2) is 36.4 Å². The lowest BCUT2D eigenvalue weighted by Gasteiger charge is -2.34. The number of rotatable bonds is 5. The molecule has 2 heterocycles. The van der Waals surface area contributed by atoms with Crippen LogP contribution in [0, 0.1) is 0 Å². The number of nitrogens with zero attached hydrogens (tertiary/aromatic N) is 4. The zero-order chi connectivity index (χ0) is 18.1. The molecular weight excluding hydrogens is 352 g/mol. The first-order chi connectivity index (χ1) is 12.6. The van der Waals surface area contributed by atoms with Crippen molar-refractivity contribution in [3.05, 3.63) is 36.4 Å². The molecule has 1 aliphatic carbocycles. The van der Waals surface area contributed by atoms with Crippen molar-refractivity contribution in [2.75, 3.05) is 38.2 Å². The summed E-state index contributed by atoms with van der Waals surface area (Å²) in [6.07, 6.45) is 1.61. The van der Waals surface area contributed by atoms with Gasteiger partial charge < -0.3 is 9.64 Å². The first kappa shape index (κ1) is 17.2. The van der Waals surface area contributed by atoms with Gasteiger partial charge in [-0.2, -0.15) is 4.31 Å². The number of sulfonamides is 1. The molecule has 1 aromatic heterocycles. The molecule has 0 N–H and O–H groups in total. The maximum absolute atomic E-state index is 12.3. The third-order valence-electron chi connectivity index (χ3n) is 4.90. The van der Waals surface area contributed by atoms with Gasteiger partial charge in [0.05, 0.1) is 18.1 Å². The molecule has 0 amide bonds. The van der Waals surface area contributed by atoms with Crippen molar-refractivity contribution in [2.45, 2.75) is 18.1 Å². The van der Waals surface area contributed by atoms with E-state index in [0.717, 1.165) is 35.7 Å². The summed E-state index contributed by atoms with van der Waals surface area (Å²) in [6, 6.07) is 11.6. The van der Waals surface area contributed by atoms with Gasteiger partial charge in [-0.15, -0.1) is 10.2 Å². The molecule has 0 unspecified atom stereocenters. The van der Waals surface area contributed by atoms with Crippen LogP contribution in [0.1, 0.15) is 12.8 Å². The number of methoxy groups -OCH3 is 1. The molecule has 1 saturated heterocycles. The van der Waals surface area contributed by atoms with Crippen LogP contribution in [0.4, 0.5) is 5.82 Å². The highest BCUT2D eigenvalue weighted by Crippen LogP contribution is 2.31. The third-order valence-corrected chi connectivity index (χ3v) is 7.30. The number of aromatic nitrogens is 2. The smallest absolute Gasteiger partial charge is 0.217 e. The molecule has 8 heteroatoms. The highest BCUT2D eigenvalue weighted by molar-refractivity contribution is 7.90. The Morgan fingerprint density at radius 1 is 0.962 bits per heavy atom. The van der Waals surface area contributed by atoms with Gasteiger partial charge in [0.25, 0.3) is 0 Å². The Bertz CT molecular complexity index is 856. The fraction of sp³-hybridized carbons (Fsp3) is 0.444.